The van der Waals surface area contributed by atoms with Crippen LogP contribution in [-0.2, 0) is 11.3 Å². The summed E-state index contributed by atoms with van der Waals surface area (Å²) in [6.07, 6.45) is 4.03. The van der Waals surface area contributed by atoms with Gasteiger partial charge in [-0.05, 0) is 37.5 Å². The van der Waals surface area contributed by atoms with E-state index in [4.69, 9.17) is 17.3 Å². The van der Waals surface area contributed by atoms with Crippen LogP contribution in [-0.4, -0.2) is 23.4 Å². The van der Waals surface area contributed by atoms with E-state index in [1.807, 2.05) is 38.2 Å². The first kappa shape index (κ1) is 15.3. The molecule has 0 aromatic heterocycles. The lowest BCUT2D eigenvalue weighted by atomic mass is 9.74. The summed E-state index contributed by atoms with van der Waals surface area (Å²) in [6, 6.07) is 7.63. The van der Waals surface area contributed by atoms with Gasteiger partial charge in [-0.1, -0.05) is 36.6 Å². The van der Waals surface area contributed by atoms with Crippen LogP contribution in [0.15, 0.2) is 24.3 Å². The Morgan fingerprint density at radius 1 is 1.50 bits per heavy atom. The lowest BCUT2D eigenvalue weighted by Crippen LogP contribution is -2.53. The maximum absolute atomic E-state index is 12.6. The Morgan fingerprint density at radius 3 is 2.90 bits per heavy atom. The molecule has 110 valence electrons. The number of nitrogens with two attached hydrogens (primary N) is 1. The van der Waals surface area contributed by atoms with E-state index in [1.54, 1.807) is 4.90 Å². The molecule has 2 rings (SSSR count). The molecule has 1 amide bonds. The van der Waals surface area contributed by atoms with Gasteiger partial charge in [0.15, 0.2) is 0 Å². The zero-order valence-electron chi connectivity index (χ0n) is 12.2. The fraction of sp³-hybridized carbons (Fsp3) is 0.562. The van der Waals surface area contributed by atoms with Crippen LogP contribution in [0.25, 0.3) is 0 Å². The third kappa shape index (κ3) is 3.53. The predicted octanol–water partition coefficient (Wildman–Crippen LogP) is 3.21. The van der Waals surface area contributed by atoms with Crippen molar-refractivity contribution in [2.75, 3.05) is 7.05 Å². The van der Waals surface area contributed by atoms with Gasteiger partial charge in [0.05, 0.1) is 5.92 Å². The minimum Gasteiger partial charge on any atom is -0.341 e. The van der Waals surface area contributed by atoms with E-state index in [9.17, 15) is 4.79 Å². The van der Waals surface area contributed by atoms with E-state index in [1.165, 1.54) is 0 Å². The molecule has 1 aromatic carbocycles. The minimum atomic E-state index is -0.377. The molecule has 1 aliphatic carbocycles. The molecule has 1 aliphatic rings. The summed E-state index contributed by atoms with van der Waals surface area (Å²) in [5.74, 6) is 0.0788. The number of hydrogen-bond acceptors (Lipinski definition) is 2. The van der Waals surface area contributed by atoms with Crippen molar-refractivity contribution in [1.82, 2.24) is 4.90 Å². The van der Waals surface area contributed by atoms with Crippen LogP contribution in [0.2, 0.25) is 5.02 Å². The fourth-order valence-corrected chi connectivity index (χ4v) is 3.23. The maximum atomic E-state index is 12.6. The largest absolute Gasteiger partial charge is 0.341 e. The first-order valence-corrected chi connectivity index (χ1v) is 7.56. The second-order valence-electron chi connectivity index (χ2n) is 6.13. The smallest absolute Gasteiger partial charge is 0.227 e. The monoisotopic (exact) mass is 294 g/mol. The quantitative estimate of drug-likeness (QED) is 0.930. The highest BCUT2D eigenvalue weighted by atomic mass is 35.5. The molecule has 0 spiro atoms. The normalized spacial score (nSPS) is 26.3. The van der Waals surface area contributed by atoms with Crippen LogP contribution in [0.4, 0.5) is 0 Å². The molecule has 1 fully saturated rings. The molecule has 2 unspecified atom stereocenters. The third-order valence-corrected chi connectivity index (χ3v) is 4.47. The maximum Gasteiger partial charge on any atom is 0.227 e. The van der Waals surface area contributed by atoms with Crippen LogP contribution in [0, 0.1) is 5.92 Å². The lowest BCUT2D eigenvalue weighted by Gasteiger charge is -2.39. The number of nitrogens with zero attached hydrogens (tertiary/aromatic N) is 1. The number of hydrogen-bond donors (Lipinski definition) is 1. The van der Waals surface area contributed by atoms with Gasteiger partial charge in [0, 0.05) is 24.2 Å². The van der Waals surface area contributed by atoms with Gasteiger partial charge in [0.25, 0.3) is 0 Å². The van der Waals surface area contributed by atoms with Gasteiger partial charge >= 0.3 is 0 Å². The summed E-state index contributed by atoms with van der Waals surface area (Å²) in [4.78, 5) is 14.4. The van der Waals surface area contributed by atoms with Crippen LogP contribution < -0.4 is 5.73 Å². The van der Waals surface area contributed by atoms with E-state index in [2.05, 4.69) is 0 Å². The molecular weight excluding hydrogens is 272 g/mol. The molecule has 20 heavy (non-hydrogen) atoms. The van der Waals surface area contributed by atoms with Gasteiger partial charge < -0.3 is 10.6 Å². The molecule has 1 saturated carbocycles. The summed E-state index contributed by atoms with van der Waals surface area (Å²) >= 11 is 5.98. The molecule has 0 heterocycles. The van der Waals surface area contributed by atoms with Gasteiger partial charge in [0.2, 0.25) is 5.91 Å². The van der Waals surface area contributed by atoms with Crippen molar-refractivity contribution in [1.29, 1.82) is 0 Å². The second-order valence-corrected chi connectivity index (χ2v) is 6.56. The molecule has 2 atom stereocenters. The highest BCUT2D eigenvalue weighted by Gasteiger charge is 2.38. The number of benzene rings is 1. The van der Waals surface area contributed by atoms with Crippen molar-refractivity contribution in [3.63, 3.8) is 0 Å². The van der Waals surface area contributed by atoms with Crippen LogP contribution in [0.3, 0.4) is 0 Å². The minimum absolute atomic E-state index is 0.0690. The third-order valence-electron chi connectivity index (χ3n) is 4.24. The van der Waals surface area contributed by atoms with Crippen LogP contribution in [0.1, 0.15) is 38.2 Å². The summed E-state index contributed by atoms with van der Waals surface area (Å²) in [7, 11) is 1.84. The highest BCUT2D eigenvalue weighted by Crippen LogP contribution is 2.33. The molecular formula is C16H23ClN2O. The molecule has 0 bridgehead atoms. The number of halogens is 1. The number of rotatable bonds is 3. The molecule has 0 aliphatic heterocycles. The Balaban J connectivity index is 2.05. The van der Waals surface area contributed by atoms with Crippen LogP contribution >= 0.6 is 11.6 Å². The zero-order valence-corrected chi connectivity index (χ0v) is 13.0. The average Bonchev–Trinajstić information content (AvgIpc) is 2.37. The fourth-order valence-electron chi connectivity index (χ4n) is 3.02. The van der Waals surface area contributed by atoms with Crippen molar-refractivity contribution >= 4 is 17.5 Å². The average molecular weight is 295 g/mol. The van der Waals surface area contributed by atoms with Gasteiger partial charge in [-0.2, -0.15) is 0 Å². The second kappa shape index (κ2) is 6.15. The van der Waals surface area contributed by atoms with Crippen molar-refractivity contribution in [3.8, 4) is 0 Å². The standard InChI is InChI=1S/C16H23ClN2O/c1-16(18)9-4-3-8-14(16)15(20)19(2)11-12-6-5-7-13(17)10-12/h5-7,10,14H,3-4,8-9,11,18H2,1-2H3. The summed E-state index contributed by atoms with van der Waals surface area (Å²) in [5.41, 5.74) is 6.98. The SMILES string of the molecule is CN(Cc1cccc(Cl)c1)C(=O)C1CCCCC1(C)N. The highest BCUT2D eigenvalue weighted by molar-refractivity contribution is 6.30. The van der Waals surface area contributed by atoms with Gasteiger partial charge in [-0.25, -0.2) is 0 Å². The summed E-state index contributed by atoms with van der Waals surface area (Å²) in [5, 5.41) is 0.699. The molecule has 3 nitrogen and oxygen atoms in total. The van der Waals surface area contributed by atoms with E-state index >= 15 is 0 Å². The Hall–Kier alpha value is -1.06. The summed E-state index contributed by atoms with van der Waals surface area (Å²) < 4.78 is 0. The lowest BCUT2D eigenvalue weighted by molar-refractivity contribution is -0.138. The Kier molecular flexibility index (Phi) is 4.71. The summed E-state index contributed by atoms with van der Waals surface area (Å²) in [6.45, 7) is 2.58. The Morgan fingerprint density at radius 2 is 2.25 bits per heavy atom. The predicted molar refractivity (Wildman–Crippen MR) is 82.5 cm³/mol. The number of amides is 1. The molecule has 4 heteroatoms. The molecule has 0 radical (unpaired) electrons. The molecule has 0 saturated heterocycles. The van der Waals surface area contributed by atoms with Crippen molar-refractivity contribution in [3.05, 3.63) is 34.9 Å². The zero-order chi connectivity index (χ0) is 14.8. The van der Waals surface area contributed by atoms with Crippen molar-refractivity contribution in [2.45, 2.75) is 44.7 Å². The van der Waals surface area contributed by atoms with Gasteiger partial charge in [-0.3, -0.25) is 4.79 Å². The van der Waals surface area contributed by atoms with E-state index in [-0.39, 0.29) is 17.4 Å². The van der Waals surface area contributed by atoms with E-state index in [0.717, 1.165) is 31.2 Å². The van der Waals surface area contributed by atoms with Crippen molar-refractivity contribution < 1.29 is 4.79 Å². The first-order valence-electron chi connectivity index (χ1n) is 7.18. The first-order chi connectivity index (χ1) is 9.40. The van der Waals surface area contributed by atoms with Gasteiger partial charge in [-0.15, -0.1) is 0 Å². The van der Waals surface area contributed by atoms with E-state index < -0.39 is 0 Å². The Labute approximate surface area is 126 Å². The van der Waals surface area contributed by atoms with Crippen molar-refractivity contribution in [2.24, 2.45) is 11.7 Å². The molecule has 1 aromatic rings. The number of carbonyl (C=O) groups excluding carboxylic acids is 1. The van der Waals surface area contributed by atoms with E-state index in [0.29, 0.717) is 11.6 Å². The topological polar surface area (TPSA) is 46.3 Å². The van der Waals surface area contributed by atoms with Crippen LogP contribution in [0.5, 0.6) is 0 Å². The molecule has 2 N–H and O–H groups in total. The Bertz CT molecular complexity index is 487. The number of carbonyl (C=O) groups is 1. The van der Waals surface area contributed by atoms with Gasteiger partial charge in [0.1, 0.15) is 0 Å².